The van der Waals surface area contributed by atoms with Crippen molar-refractivity contribution in [3.05, 3.63) is 82.5 Å². The van der Waals surface area contributed by atoms with E-state index in [0.29, 0.717) is 18.7 Å². The first-order valence-corrected chi connectivity index (χ1v) is 15.7. The van der Waals surface area contributed by atoms with Crippen LogP contribution in [0, 0.1) is 24.3 Å². The van der Waals surface area contributed by atoms with Crippen molar-refractivity contribution in [2.75, 3.05) is 23.3 Å². The van der Waals surface area contributed by atoms with Gasteiger partial charge in [-0.1, -0.05) is 17.9 Å². The summed E-state index contributed by atoms with van der Waals surface area (Å²) in [4.78, 5) is 69.0. The van der Waals surface area contributed by atoms with Crippen LogP contribution in [0.4, 0.5) is 30.2 Å². The number of nitrogens with one attached hydrogen (secondary N) is 2. The van der Waals surface area contributed by atoms with Gasteiger partial charge in [-0.15, -0.1) is 0 Å². The molecule has 5 amide bonds. The number of nitrogens with zero attached hydrogens (tertiary/aromatic N) is 5. The number of imide groups is 2. The fourth-order valence-electron chi connectivity index (χ4n) is 6.12. The highest BCUT2D eigenvalue weighted by atomic mass is 19.4. The van der Waals surface area contributed by atoms with Crippen molar-refractivity contribution in [3.8, 4) is 11.8 Å². The van der Waals surface area contributed by atoms with E-state index in [4.69, 9.17) is 6.57 Å². The van der Waals surface area contributed by atoms with E-state index >= 15 is 0 Å². The van der Waals surface area contributed by atoms with Crippen molar-refractivity contribution in [1.82, 2.24) is 20.0 Å². The number of rotatable bonds is 5. The Morgan fingerprint density at radius 1 is 1.02 bits per heavy atom. The monoisotopic (exact) mass is 685 g/mol. The van der Waals surface area contributed by atoms with Crippen LogP contribution in [-0.2, 0) is 26.1 Å². The number of halogens is 3. The molecule has 2 N–H and O–H groups in total. The van der Waals surface area contributed by atoms with Gasteiger partial charge < -0.3 is 10.2 Å². The van der Waals surface area contributed by atoms with E-state index in [1.165, 1.54) is 16.8 Å². The van der Waals surface area contributed by atoms with Crippen molar-refractivity contribution < 1.29 is 37.1 Å². The van der Waals surface area contributed by atoms with Gasteiger partial charge in [0.05, 0.1) is 35.1 Å². The zero-order valence-corrected chi connectivity index (χ0v) is 26.9. The van der Waals surface area contributed by atoms with E-state index in [9.17, 15) is 37.1 Å². The van der Waals surface area contributed by atoms with Crippen molar-refractivity contribution in [2.45, 2.75) is 57.3 Å². The molecule has 0 radical (unpaired) electrons. The molecule has 0 saturated carbocycles. The lowest BCUT2D eigenvalue weighted by molar-refractivity contribution is -0.137. The molecule has 3 aliphatic heterocycles. The molecule has 1 atom stereocenters. The molecule has 15 heteroatoms. The van der Waals surface area contributed by atoms with Gasteiger partial charge in [-0.3, -0.25) is 38.9 Å². The van der Waals surface area contributed by atoms with E-state index in [1.807, 2.05) is 0 Å². The summed E-state index contributed by atoms with van der Waals surface area (Å²) < 4.78 is 41.7. The second-order valence-corrected chi connectivity index (χ2v) is 12.7. The first-order chi connectivity index (χ1) is 23.7. The van der Waals surface area contributed by atoms with Crippen molar-refractivity contribution >= 4 is 46.6 Å². The summed E-state index contributed by atoms with van der Waals surface area (Å²) in [5.74, 6) is 3.53. The van der Waals surface area contributed by atoms with Crippen molar-refractivity contribution in [2.24, 2.45) is 5.92 Å². The largest absolute Gasteiger partial charge is 0.407 e. The fourth-order valence-corrected chi connectivity index (χ4v) is 6.12. The number of fused-ring (bicyclic) bond motifs is 1. The van der Waals surface area contributed by atoms with E-state index in [2.05, 4.69) is 37.3 Å². The van der Waals surface area contributed by atoms with Crippen LogP contribution in [0.15, 0.2) is 48.8 Å². The number of carbonyl (C=O) groups excluding carboxylic acids is 5. The molecular formula is C35H30F3N7O5. The summed E-state index contributed by atoms with van der Waals surface area (Å²) in [5, 5.41) is 9.05. The lowest BCUT2D eigenvalue weighted by atomic mass is 9.96. The predicted molar refractivity (Wildman–Crippen MR) is 173 cm³/mol. The first kappa shape index (κ1) is 33.9. The van der Waals surface area contributed by atoms with Crippen LogP contribution in [0.25, 0.3) is 4.85 Å². The smallest absolute Gasteiger partial charge is 0.369 e. The van der Waals surface area contributed by atoms with E-state index < -0.39 is 58.5 Å². The summed E-state index contributed by atoms with van der Waals surface area (Å²) in [6.07, 6.45) is 0.121. The van der Waals surface area contributed by atoms with Crippen LogP contribution >= 0.6 is 0 Å². The zero-order valence-electron chi connectivity index (χ0n) is 26.9. The molecular weight excluding hydrogens is 655 g/mol. The maximum Gasteiger partial charge on any atom is 0.407 e. The number of amides is 5. The van der Waals surface area contributed by atoms with Gasteiger partial charge in [0, 0.05) is 42.9 Å². The van der Waals surface area contributed by atoms with Gasteiger partial charge in [-0.05, 0) is 63.4 Å². The molecule has 2 fully saturated rings. The molecule has 2 saturated heterocycles. The van der Waals surface area contributed by atoms with Crippen LogP contribution < -0.4 is 15.5 Å². The van der Waals surface area contributed by atoms with E-state index in [-0.39, 0.29) is 35.6 Å². The maximum atomic E-state index is 13.4. The van der Waals surface area contributed by atoms with Gasteiger partial charge in [0.1, 0.15) is 11.6 Å². The fraction of sp³-hybridized carbons (Fsp3) is 0.343. The van der Waals surface area contributed by atoms with Gasteiger partial charge in [0.25, 0.3) is 17.7 Å². The Morgan fingerprint density at radius 2 is 1.74 bits per heavy atom. The highest BCUT2D eigenvalue weighted by Crippen LogP contribution is 2.38. The third-order valence-electron chi connectivity index (χ3n) is 9.10. The molecule has 1 unspecified atom stereocenters. The zero-order chi connectivity index (χ0) is 36.0. The number of alkyl halides is 3. The topological polar surface area (TPSA) is 138 Å². The maximum absolute atomic E-state index is 13.4. The highest BCUT2D eigenvalue weighted by molar-refractivity contribution is 6.23. The number of hydrogen-bond acceptors (Lipinski definition) is 7. The average Bonchev–Trinajstić information content (AvgIpc) is 3.67. The number of piperidine rings is 2. The van der Waals surface area contributed by atoms with Crippen LogP contribution in [0.3, 0.4) is 0 Å². The second kappa shape index (κ2) is 12.8. The Labute approximate surface area is 284 Å². The average molecular weight is 686 g/mol. The molecule has 2 aromatic carbocycles. The lowest BCUT2D eigenvalue weighted by Gasteiger charge is -2.30. The Bertz CT molecular complexity index is 2040. The molecule has 0 aliphatic carbocycles. The number of hydrogen-bond donors (Lipinski definition) is 2. The van der Waals surface area contributed by atoms with Crippen LogP contribution in [-0.4, -0.2) is 63.3 Å². The molecule has 3 aliphatic rings. The third-order valence-corrected chi connectivity index (χ3v) is 9.10. The molecule has 6 rings (SSSR count). The van der Waals surface area contributed by atoms with E-state index in [1.54, 1.807) is 38.4 Å². The summed E-state index contributed by atoms with van der Waals surface area (Å²) >= 11 is 0. The minimum atomic E-state index is -4.75. The van der Waals surface area contributed by atoms with Gasteiger partial charge >= 0.3 is 6.18 Å². The summed E-state index contributed by atoms with van der Waals surface area (Å²) in [6.45, 7) is 11.5. The minimum absolute atomic E-state index is 0.0379. The molecule has 1 aromatic heterocycles. The Hall–Kier alpha value is -5.96. The van der Waals surface area contributed by atoms with Crippen molar-refractivity contribution in [1.29, 1.82) is 0 Å². The Morgan fingerprint density at radius 3 is 2.42 bits per heavy atom. The SMILES string of the molecule is [C-]#[N+]c1ccc(NC(=O)C(C)(C)n2cc(N3CCC(C#Cc4ccc5c(c4)C(=O)N(C4CCC(=O)NC4=O)C5=O)CC3)cn2)cc1C(F)(F)F. The van der Waals surface area contributed by atoms with Gasteiger partial charge in [-0.2, -0.15) is 18.3 Å². The van der Waals surface area contributed by atoms with Crippen LogP contribution in [0.2, 0.25) is 0 Å². The summed E-state index contributed by atoms with van der Waals surface area (Å²) in [6, 6.07) is 6.70. The van der Waals surface area contributed by atoms with Gasteiger partial charge in [-0.25, -0.2) is 4.85 Å². The highest BCUT2D eigenvalue weighted by Gasteiger charge is 2.44. The first-order valence-electron chi connectivity index (χ1n) is 15.7. The summed E-state index contributed by atoms with van der Waals surface area (Å²) in [7, 11) is 0. The third kappa shape index (κ3) is 6.42. The summed E-state index contributed by atoms with van der Waals surface area (Å²) in [5.41, 5.74) is -1.37. The second-order valence-electron chi connectivity index (χ2n) is 12.7. The molecule has 12 nitrogen and oxygen atoms in total. The van der Waals surface area contributed by atoms with Gasteiger partial charge in [0.2, 0.25) is 11.8 Å². The lowest BCUT2D eigenvalue weighted by Crippen LogP contribution is -2.54. The molecule has 0 spiro atoms. The van der Waals surface area contributed by atoms with E-state index in [0.717, 1.165) is 35.6 Å². The number of carbonyl (C=O) groups is 5. The predicted octanol–water partition coefficient (Wildman–Crippen LogP) is 4.50. The van der Waals surface area contributed by atoms with Crippen molar-refractivity contribution in [3.63, 3.8) is 0 Å². The minimum Gasteiger partial charge on any atom is -0.369 e. The Kier molecular flexibility index (Phi) is 8.70. The number of anilines is 2. The van der Waals surface area contributed by atoms with Gasteiger partial charge in [0.15, 0.2) is 5.69 Å². The molecule has 3 aromatic rings. The Balaban J connectivity index is 1.07. The quantitative estimate of drug-likeness (QED) is 0.229. The molecule has 0 bridgehead atoms. The normalized spacial score (nSPS) is 18.3. The van der Waals surface area contributed by atoms with Crippen LogP contribution in [0.1, 0.15) is 71.4 Å². The number of aromatic nitrogens is 2. The number of benzene rings is 2. The molecule has 50 heavy (non-hydrogen) atoms. The standard InChI is InChI=1S/C35H30F3N7O5/c1-34(2,33(50)41-22-7-9-27(39-3)26(17-22)35(36,37)38)44-19-23(18-40-44)43-14-12-20(13-15-43)4-5-21-6-8-24-25(16-21)32(49)45(31(24)48)28-10-11-29(46)42-30(28)47/h6-9,16-20,28H,10-15H2,1-2H3,(H,41,50)(H,42,46,47). The molecule has 4 heterocycles. The van der Waals surface area contributed by atoms with Crippen LogP contribution in [0.5, 0.6) is 0 Å². The molecule has 256 valence electrons.